The summed E-state index contributed by atoms with van der Waals surface area (Å²) in [5.74, 6) is 0.534. The van der Waals surface area contributed by atoms with Crippen molar-refractivity contribution >= 4 is 46.4 Å². The quantitative estimate of drug-likeness (QED) is 0.252. The van der Waals surface area contributed by atoms with Gasteiger partial charge in [0.2, 0.25) is 0 Å². The molecule has 3 aromatic heterocycles. The van der Waals surface area contributed by atoms with Crippen molar-refractivity contribution in [3.05, 3.63) is 75.7 Å². The summed E-state index contributed by atoms with van der Waals surface area (Å²) in [4.78, 5) is 24.4. The van der Waals surface area contributed by atoms with Crippen molar-refractivity contribution in [3.8, 4) is 0 Å². The zero-order valence-corrected chi connectivity index (χ0v) is 17.8. The van der Waals surface area contributed by atoms with Gasteiger partial charge < -0.3 is 9.97 Å². The first-order valence-corrected chi connectivity index (χ1v) is 11.1. The molecule has 0 atom stereocenters. The third-order valence-corrected chi connectivity index (χ3v) is 6.27. The number of H-pyrrole nitrogens is 2. The zero-order valence-electron chi connectivity index (χ0n) is 17.8. The van der Waals surface area contributed by atoms with Crippen LogP contribution in [0.5, 0.6) is 0 Å². The molecule has 6 rings (SSSR count). The molecule has 3 aromatic rings. The molecule has 6 nitrogen and oxygen atoms in total. The lowest BCUT2D eigenvalue weighted by molar-refractivity contribution is 0.442. The van der Waals surface area contributed by atoms with E-state index in [2.05, 4.69) is 82.3 Å². The normalized spacial score (nSPS) is 15.4. The Hall–Kier alpha value is -3.80. The molecule has 8 bridgehead atoms. The largest absolute Gasteiger partial charge is 0.355 e. The Balaban J connectivity index is 0.00000105. The highest BCUT2D eigenvalue weighted by Gasteiger charge is 2.22. The van der Waals surface area contributed by atoms with Gasteiger partial charge in [-0.3, -0.25) is 0 Å². The lowest BCUT2D eigenvalue weighted by atomic mass is 9.82. The summed E-state index contributed by atoms with van der Waals surface area (Å²) in [6.07, 6.45) is 14.9. The first-order chi connectivity index (χ1) is 15.8. The predicted octanol–water partition coefficient (Wildman–Crippen LogP) is 7.03. The number of nitrogens with zero attached hydrogens (tertiary/aromatic N) is 2. The van der Waals surface area contributed by atoms with Gasteiger partial charge in [0.15, 0.2) is 0 Å². The van der Waals surface area contributed by atoms with Crippen molar-refractivity contribution in [1.29, 1.82) is 5.59 Å². The molecule has 0 saturated heterocycles. The minimum absolute atomic E-state index is 0.534. The van der Waals surface area contributed by atoms with E-state index >= 15 is 0 Å². The average molecular weight is 424 g/mol. The molecule has 1 aliphatic carbocycles. The summed E-state index contributed by atoms with van der Waals surface area (Å²) in [6.45, 7) is 0. The molecule has 32 heavy (non-hydrogen) atoms. The van der Waals surface area contributed by atoms with Crippen LogP contribution in [0.3, 0.4) is 0 Å². The van der Waals surface area contributed by atoms with Crippen LogP contribution in [-0.4, -0.2) is 19.9 Å². The molecule has 0 spiro atoms. The van der Waals surface area contributed by atoms with Crippen molar-refractivity contribution in [2.75, 3.05) is 0 Å². The van der Waals surface area contributed by atoms with E-state index in [0.29, 0.717) is 5.92 Å². The van der Waals surface area contributed by atoms with Crippen LogP contribution in [0.4, 0.5) is 0 Å². The van der Waals surface area contributed by atoms with E-state index in [4.69, 9.17) is 14.9 Å². The maximum absolute atomic E-state index is 7.50. The summed E-state index contributed by atoms with van der Waals surface area (Å²) in [6, 6.07) is 14.7. The predicted molar refractivity (Wildman–Crippen MR) is 131 cm³/mol. The van der Waals surface area contributed by atoms with Gasteiger partial charge in [-0.2, -0.15) is 4.91 Å². The number of nitrogens with one attached hydrogen (secondary N) is 3. The van der Waals surface area contributed by atoms with Gasteiger partial charge in [0.25, 0.3) is 0 Å². The van der Waals surface area contributed by atoms with E-state index in [1.807, 2.05) is 0 Å². The summed E-state index contributed by atoms with van der Waals surface area (Å²) in [7, 11) is 0. The summed E-state index contributed by atoms with van der Waals surface area (Å²) >= 11 is 0. The fourth-order valence-corrected chi connectivity index (χ4v) is 4.84. The fraction of sp³-hybridized carbons (Fsp3) is 0.231. The maximum atomic E-state index is 7.50. The fourth-order valence-electron chi connectivity index (χ4n) is 4.84. The molecule has 0 aromatic carbocycles. The lowest BCUT2D eigenvalue weighted by Crippen LogP contribution is -2.08. The van der Waals surface area contributed by atoms with E-state index < -0.39 is 0 Å². The molecule has 1 saturated carbocycles. The van der Waals surface area contributed by atoms with Gasteiger partial charge in [0.1, 0.15) is 0 Å². The van der Waals surface area contributed by atoms with Crippen LogP contribution in [0, 0.1) is 10.5 Å². The van der Waals surface area contributed by atoms with Crippen molar-refractivity contribution in [2.45, 2.75) is 38.0 Å². The van der Waals surface area contributed by atoms with Crippen LogP contribution in [0.15, 0.2) is 42.5 Å². The van der Waals surface area contributed by atoms with Crippen LogP contribution < -0.4 is 0 Å². The first kappa shape index (κ1) is 20.1. The molecule has 2 aliphatic heterocycles. The number of rotatable bonds is 1. The number of nitroso groups, excluding NO2 is 1. The highest BCUT2D eigenvalue weighted by molar-refractivity contribution is 5.80. The van der Waals surface area contributed by atoms with E-state index in [-0.39, 0.29) is 0 Å². The minimum Gasteiger partial charge on any atom is -0.355 e. The van der Waals surface area contributed by atoms with E-state index in [1.165, 1.54) is 37.7 Å². The van der Waals surface area contributed by atoms with E-state index in [9.17, 15) is 0 Å². The molecule has 0 unspecified atom stereocenters. The van der Waals surface area contributed by atoms with Gasteiger partial charge >= 0.3 is 0 Å². The van der Waals surface area contributed by atoms with Crippen LogP contribution >= 0.6 is 0 Å². The number of hydrogen-bond donors (Lipinski definition) is 3. The second kappa shape index (κ2) is 8.75. The smallest absolute Gasteiger partial charge is 0.0694 e. The Morgan fingerprint density at radius 2 is 1.12 bits per heavy atom. The minimum atomic E-state index is 0.534. The molecule has 0 amide bonds. The zero-order chi connectivity index (χ0) is 21.9. The number of aromatic amines is 2. The van der Waals surface area contributed by atoms with E-state index in [1.54, 1.807) is 0 Å². The Bertz CT molecular complexity index is 1260. The molecular formula is C26H25N5O. The van der Waals surface area contributed by atoms with Crippen LogP contribution in [-0.2, 0) is 0 Å². The third kappa shape index (κ3) is 4.04. The number of fused-ring (bicyclic) bond motifs is 8. The van der Waals surface area contributed by atoms with Crippen molar-refractivity contribution in [2.24, 2.45) is 0 Å². The standard InChI is InChI=1S/C26H24N4.HNO/c1-2-4-17(5-3-1)26-24-12-10-22(29-24)15-20-8-6-18(27-20)14-19-7-9-21(28-19)16-23-11-13-25(26)30-23;1-2/h6-17,27-28H,1-5H2;1H. The molecular weight excluding hydrogens is 398 g/mol. The molecule has 6 heteroatoms. The number of aromatic nitrogens is 4. The van der Waals surface area contributed by atoms with Crippen molar-refractivity contribution in [3.63, 3.8) is 0 Å². The second-order valence-electron chi connectivity index (χ2n) is 8.43. The molecule has 0 radical (unpaired) electrons. The lowest BCUT2D eigenvalue weighted by Gasteiger charge is -2.23. The topological polar surface area (TPSA) is 98.3 Å². The molecule has 3 aliphatic rings. The Labute approximate surface area is 185 Å². The van der Waals surface area contributed by atoms with Crippen molar-refractivity contribution in [1.82, 2.24) is 19.9 Å². The maximum Gasteiger partial charge on any atom is 0.0694 e. The van der Waals surface area contributed by atoms with Gasteiger partial charge in [-0.25, -0.2) is 9.97 Å². The summed E-state index contributed by atoms with van der Waals surface area (Å²) in [5.41, 5.74) is 14.2. The van der Waals surface area contributed by atoms with Crippen LogP contribution in [0.25, 0.3) is 46.4 Å². The van der Waals surface area contributed by atoms with Gasteiger partial charge in [0, 0.05) is 27.6 Å². The third-order valence-electron chi connectivity index (χ3n) is 6.27. The first-order valence-electron chi connectivity index (χ1n) is 11.1. The van der Waals surface area contributed by atoms with Crippen molar-refractivity contribution < 1.29 is 0 Å². The SMILES string of the molecule is C1=Cc2nc1cc1ccc(cc3ccc(cc4nc(c2C2CCCCC2)C=C4)[nH]3)[nH]1.N=O. The Morgan fingerprint density at radius 3 is 1.62 bits per heavy atom. The van der Waals surface area contributed by atoms with Gasteiger partial charge in [-0.05, 0) is 85.5 Å². The summed E-state index contributed by atoms with van der Waals surface area (Å²) in [5, 5.41) is 0. The molecule has 3 N–H and O–H groups in total. The average Bonchev–Trinajstić information content (AvgIpc) is 3.62. The molecule has 5 heterocycles. The number of hydrogen-bond acceptors (Lipinski definition) is 4. The highest BCUT2D eigenvalue weighted by atomic mass is 16.2. The summed E-state index contributed by atoms with van der Waals surface area (Å²) < 4.78 is 0. The van der Waals surface area contributed by atoms with Gasteiger partial charge in [-0.1, -0.05) is 24.9 Å². The molecule has 1 fully saturated rings. The Kier molecular flexibility index (Phi) is 5.50. The van der Waals surface area contributed by atoms with Crippen LogP contribution in [0.2, 0.25) is 0 Å². The van der Waals surface area contributed by atoms with Gasteiger partial charge in [-0.15, -0.1) is 0 Å². The van der Waals surface area contributed by atoms with Crippen LogP contribution in [0.1, 0.15) is 66.4 Å². The monoisotopic (exact) mass is 423 g/mol. The molecule has 160 valence electrons. The van der Waals surface area contributed by atoms with E-state index in [0.717, 1.165) is 44.8 Å². The van der Waals surface area contributed by atoms with Gasteiger partial charge in [0.05, 0.1) is 22.8 Å². The Morgan fingerprint density at radius 1 is 0.656 bits per heavy atom. The second-order valence-corrected chi connectivity index (χ2v) is 8.43. The highest BCUT2D eigenvalue weighted by Crippen LogP contribution is 2.37.